The van der Waals surface area contributed by atoms with Gasteiger partial charge < -0.3 is 10.2 Å². The standard InChI is InChI=1S/C15H21F3N4O/c1-10(2)9-14(23)22-7-5-11(6-8-22)19-13-4-3-12(20-21-13)15(16,17)18/h3-4,10-11H,5-9H2,1-2H3,(H,19,21). The fraction of sp³-hybridized carbons (Fsp3) is 0.667. The minimum atomic E-state index is -4.48. The summed E-state index contributed by atoms with van der Waals surface area (Å²) < 4.78 is 37.3. The van der Waals surface area contributed by atoms with Gasteiger partial charge in [0.25, 0.3) is 0 Å². The summed E-state index contributed by atoms with van der Waals surface area (Å²) >= 11 is 0. The fourth-order valence-electron chi connectivity index (χ4n) is 2.52. The number of likely N-dealkylation sites (tertiary alicyclic amines) is 1. The molecule has 128 valence electrons. The van der Waals surface area contributed by atoms with E-state index >= 15 is 0 Å². The minimum Gasteiger partial charge on any atom is -0.366 e. The Balaban J connectivity index is 1.83. The van der Waals surface area contributed by atoms with E-state index in [1.165, 1.54) is 6.07 Å². The molecule has 1 aliphatic rings. The van der Waals surface area contributed by atoms with Gasteiger partial charge in [-0.3, -0.25) is 4.79 Å². The first kappa shape index (κ1) is 17.5. The van der Waals surface area contributed by atoms with Crippen molar-refractivity contribution < 1.29 is 18.0 Å². The third-order valence-corrected chi connectivity index (χ3v) is 3.74. The number of carbonyl (C=O) groups excluding carboxylic acids is 1. The number of piperidine rings is 1. The molecule has 0 saturated carbocycles. The van der Waals surface area contributed by atoms with E-state index in [-0.39, 0.29) is 11.9 Å². The normalized spacial score (nSPS) is 16.7. The van der Waals surface area contributed by atoms with Crippen LogP contribution in [-0.4, -0.2) is 40.1 Å². The second kappa shape index (κ2) is 7.14. The number of nitrogens with zero attached hydrogens (tertiary/aromatic N) is 3. The van der Waals surface area contributed by atoms with Gasteiger partial charge in [-0.25, -0.2) is 0 Å². The molecular formula is C15H21F3N4O. The van der Waals surface area contributed by atoms with Gasteiger partial charge in [0.15, 0.2) is 5.69 Å². The summed E-state index contributed by atoms with van der Waals surface area (Å²) in [7, 11) is 0. The smallest absolute Gasteiger partial charge is 0.366 e. The Morgan fingerprint density at radius 1 is 1.30 bits per heavy atom. The van der Waals surface area contributed by atoms with Crippen molar-refractivity contribution in [2.24, 2.45) is 5.92 Å². The van der Waals surface area contributed by atoms with Crippen LogP contribution < -0.4 is 5.32 Å². The van der Waals surface area contributed by atoms with E-state index in [0.717, 1.165) is 18.9 Å². The Bertz CT molecular complexity index is 523. The highest BCUT2D eigenvalue weighted by Gasteiger charge is 2.33. The zero-order valence-corrected chi connectivity index (χ0v) is 13.2. The SMILES string of the molecule is CC(C)CC(=O)N1CCC(Nc2ccc(C(F)(F)F)nn2)CC1. The van der Waals surface area contributed by atoms with Crippen molar-refractivity contribution in [3.8, 4) is 0 Å². The maximum atomic E-state index is 12.4. The van der Waals surface area contributed by atoms with Gasteiger partial charge >= 0.3 is 6.18 Å². The van der Waals surface area contributed by atoms with E-state index in [4.69, 9.17) is 0 Å². The van der Waals surface area contributed by atoms with Crippen LogP contribution in [0.3, 0.4) is 0 Å². The lowest BCUT2D eigenvalue weighted by Gasteiger charge is -2.33. The molecule has 0 unspecified atom stereocenters. The monoisotopic (exact) mass is 330 g/mol. The lowest BCUT2D eigenvalue weighted by Crippen LogP contribution is -2.42. The van der Waals surface area contributed by atoms with Gasteiger partial charge in [-0.05, 0) is 30.9 Å². The number of hydrogen-bond donors (Lipinski definition) is 1. The molecule has 1 aromatic rings. The third-order valence-electron chi connectivity index (χ3n) is 3.74. The predicted octanol–water partition coefficient (Wildman–Crippen LogP) is 2.94. The highest BCUT2D eigenvalue weighted by molar-refractivity contribution is 5.76. The van der Waals surface area contributed by atoms with E-state index in [9.17, 15) is 18.0 Å². The van der Waals surface area contributed by atoms with E-state index in [0.29, 0.717) is 31.2 Å². The van der Waals surface area contributed by atoms with Crippen LogP contribution in [0.4, 0.5) is 19.0 Å². The molecule has 0 aliphatic carbocycles. The summed E-state index contributed by atoms with van der Waals surface area (Å²) in [6, 6.07) is 2.28. The Morgan fingerprint density at radius 2 is 1.96 bits per heavy atom. The molecule has 0 bridgehead atoms. The number of halogens is 3. The topological polar surface area (TPSA) is 58.1 Å². The molecule has 0 atom stereocenters. The molecular weight excluding hydrogens is 309 g/mol. The second-order valence-corrected chi connectivity index (χ2v) is 6.20. The van der Waals surface area contributed by atoms with Crippen molar-refractivity contribution in [2.45, 2.75) is 45.3 Å². The Hall–Kier alpha value is -1.86. The van der Waals surface area contributed by atoms with Crippen molar-refractivity contribution in [3.63, 3.8) is 0 Å². The molecule has 1 N–H and O–H groups in total. The maximum absolute atomic E-state index is 12.4. The lowest BCUT2D eigenvalue weighted by molar-refractivity contribution is -0.141. The van der Waals surface area contributed by atoms with Gasteiger partial charge in [-0.2, -0.15) is 13.2 Å². The van der Waals surface area contributed by atoms with Crippen LogP contribution in [0.15, 0.2) is 12.1 Å². The fourth-order valence-corrected chi connectivity index (χ4v) is 2.52. The van der Waals surface area contributed by atoms with Crippen molar-refractivity contribution in [3.05, 3.63) is 17.8 Å². The van der Waals surface area contributed by atoms with Crippen LogP contribution in [0, 0.1) is 5.92 Å². The largest absolute Gasteiger partial charge is 0.435 e. The molecule has 1 aromatic heterocycles. The number of alkyl halides is 3. The van der Waals surface area contributed by atoms with E-state index in [1.54, 1.807) is 0 Å². The van der Waals surface area contributed by atoms with Crippen LogP contribution >= 0.6 is 0 Å². The van der Waals surface area contributed by atoms with Crippen LogP contribution in [0.1, 0.15) is 38.8 Å². The van der Waals surface area contributed by atoms with Crippen LogP contribution in [-0.2, 0) is 11.0 Å². The molecule has 5 nitrogen and oxygen atoms in total. The molecule has 2 heterocycles. The molecule has 8 heteroatoms. The minimum absolute atomic E-state index is 0.0872. The number of anilines is 1. The number of aromatic nitrogens is 2. The Labute approximate surface area is 133 Å². The number of rotatable bonds is 4. The lowest BCUT2D eigenvalue weighted by atomic mass is 10.0. The van der Waals surface area contributed by atoms with Crippen molar-refractivity contribution in [2.75, 3.05) is 18.4 Å². The Kier molecular flexibility index (Phi) is 5.43. The van der Waals surface area contributed by atoms with Gasteiger partial charge in [-0.1, -0.05) is 13.8 Å². The molecule has 2 rings (SSSR count). The zero-order valence-electron chi connectivity index (χ0n) is 13.2. The van der Waals surface area contributed by atoms with Crippen molar-refractivity contribution >= 4 is 11.7 Å². The average molecular weight is 330 g/mol. The van der Waals surface area contributed by atoms with E-state index in [2.05, 4.69) is 15.5 Å². The van der Waals surface area contributed by atoms with Gasteiger partial charge in [0, 0.05) is 25.6 Å². The first-order chi connectivity index (χ1) is 10.8. The second-order valence-electron chi connectivity index (χ2n) is 6.20. The number of hydrogen-bond acceptors (Lipinski definition) is 4. The summed E-state index contributed by atoms with van der Waals surface area (Å²) in [6.45, 7) is 5.32. The quantitative estimate of drug-likeness (QED) is 0.922. The predicted molar refractivity (Wildman–Crippen MR) is 79.7 cm³/mol. The highest BCUT2D eigenvalue weighted by atomic mass is 19.4. The maximum Gasteiger partial charge on any atom is 0.435 e. The Morgan fingerprint density at radius 3 is 2.43 bits per heavy atom. The molecule has 1 aliphatic heterocycles. The molecule has 0 radical (unpaired) electrons. The number of amides is 1. The summed E-state index contributed by atoms with van der Waals surface area (Å²) in [5.74, 6) is 0.818. The summed E-state index contributed by atoms with van der Waals surface area (Å²) in [6.07, 6.45) is -2.45. The molecule has 23 heavy (non-hydrogen) atoms. The third kappa shape index (κ3) is 5.07. The van der Waals surface area contributed by atoms with Crippen LogP contribution in [0.2, 0.25) is 0 Å². The zero-order chi connectivity index (χ0) is 17.0. The van der Waals surface area contributed by atoms with Gasteiger partial charge in [0.05, 0.1) is 0 Å². The van der Waals surface area contributed by atoms with E-state index in [1.807, 2.05) is 18.7 Å². The number of carbonyl (C=O) groups is 1. The first-order valence-corrected chi connectivity index (χ1v) is 7.71. The summed E-state index contributed by atoms with van der Waals surface area (Å²) in [5.41, 5.74) is -1.00. The highest BCUT2D eigenvalue weighted by Crippen LogP contribution is 2.27. The van der Waals surface area contributed by atoms with Gasteiger partial charge in [0.2, 0.25) is 5.91 Å². The van der Waals surface area contributed by atoms with E-state index < -0.39 is 11.9 Å². The van der Waals surface area contributed by atoms with Crippen LogP contribution in [0.5, 0.6) is 0 Å². The van der Waals surface area contributed by atoms with Crippen LogP contribution in [0.25, 0.3) is 0 Å². The molecule has 0 spiro atoms. The van der Waals surface area contributed by atoms with Gasteiger partial charge in [0.1, 0.15) is 5.82 Å². The first-order valence-electron chi connectivity index (χ1n) is 7.71. The summed E-state index contributed by atoms with van der Waals surface area (Å²) in [4.78, 5) is 13.8. The molecule has 0 aromatic carbocycles. The molecule has 1 amide bonds. The van der Waals surface area contributed by atoms with Crippen molar-refractivity contribution in [1.29, 1.82) is 0 Å². The summed E-state index contributed by atoms with van der Waals surface area (Å²) in [5, 5.41) is 9.84. The number of nitrogens with one attached hydrogen (secondary N) is 1. The van der Waals surface area contributed by atoms with Crippen molar-refractivity contribution in [1.82, 2.24) is 15.1 Å². The average Bonchev–Trinajstić information content (AvgIpc) is 2.47. The molecule has 1 saturated heterocycles. The molecule has 1 fully saturated rings. The van der Waals surface area contributed by atoms with Gasteiger partial charge in [-0.15, -0.1) is 10.2 Å².